The summed E-state index contributed by atoms with van der Waals surface area (Å²) in [6, 6.07) is 3.95. The van der Waals surface area contributed by atoms with Crippen LogP contribution < -0.4 is 5.32 Å². The molecular formula is C13H12BrFN2OS. The van der Waals surface area contributed by atoms with Crippen LogP contribution in [0.5, 0.6) is 0 Å². The van der Waals surface area contributed by atoms with E-state index in [1.807, 2.05) is 19.2 Å². The highest BCUT2D eigenvalue weighted by Gasteiger charge is 2.13. The molecule has 1 N–H and O–H groups in total. The fourth-order valence-electron chi connectivity index (χ4n) is 1.45. The van der Waals surface area contributed by atoms with E-state index in [1.54, 1.807) is 0 Å². The summed E-state index contributed by atoms with van der Waals surface area (Å²) in [6.45, 7) is 4.08. The number of halogens is 2. The van der Waals surface area contributed by atoms with Crippen molar-refractivity contribution < 1.29 is 9.18 Å². The Bertz CT molecular complexity index is 612. The number of hydrogen-bond acceptors (Lipinski definition) is 3. The third kappa shape index (κ3) is 3.39. The molecule has 0 radical (unpaired) electrons. The number of amides is 1. The van der Waals surface area contributed by atoms with Crippen molar-refractivity contribution >= 4 is 38.3 Å². The summed E-state index contributed by atoms with van der Waals surface area (Å²) in [5.41, 5.74) is 1.32. The van der Waals surface area contributed by atoms with Crippen molar-refractivity contribution in [2.24, 2.45) is 0 Å². The number of nitrogens with one attached hydrogen (secondary N) is 1. The summed E-state index contributed by atoms with van der Waals surface area (Å²) in [5, 5.41) is 5.17. The van der Waals surface area contributed by atoms with Gasteiger partial charge in [-0.3, -0.25) is 10.1 Å². The Hall–Kier alpha value is -1.27. The minimum absolute atomic E-state index is 0.309. The van der Waals surface area contributed by atoms with Crippen molar-refractivity contribution in [3.05, 3.63) is 45.1 Å². The number of hydrogen-bond donors (Lipinski definition) is 1. The van der Waals surface area contributed by atoms with Gasteiger partial charge in [-0.1, -0.05) is 13.8 Å². The van der Waals surface area contributed by atoms with Crippen molar-refractivity contribution in [1.82, 2.24) is 4.98 Å². The van der Waals surface area contributed by atoms with E-state index in [-0.39, 0.29) is 11.7 Å². The molecule has 0 saturated heterocycles. The first-order valence-corrected chi connectivity index (χ1v) is 7.36. The molecular weight excluding hydrogens is 331 g/mol. The van der Waals surface area contributed by atoms with Gasteiger partial charge in [0.15, 0.2) is 5.13 Å². The first-order valence-electron chi connectivity index (χ1n) is 5.69. The predicted molar refractivity (Wildman–Crippen MR) is 78.3 cm³/mol. The van der Waals surface area contributed by atoms with Crippen LogP contribution in [0.4, 0.5) is 9.52 Å². The maximum Gasteiger partial charge on any atom is 0.258 e. The fraction of sp³-hybridized carbons (Fsp3) is 0.231. The molecule has 6 heteroatoms. The van der Waals surface area contributed by atoms with Crippen LogP contribution in [-0.2, 0) is 0 Å². The average molecular weight is 343 g/mol. The van der Waals surface area contributed by atoms with E-state index in [0.29, 0.717) is 21.1 Å². The fourth-order valence-corrected chi connectivity index (χ4v) is 2.84. The van der Waals surface area contributed by atoms with Crippen molar-refractivity contribution in [2.45, 2.75) is 19.8 Å². The number of benzene rings is 1. The highest BCUT2D eigenvalue weighted by Crippen LogP contribution is 2.23. The third-order valence-electron chi connectivity index (χ3n) is 2.51. The molecule has 100 valence electrons. The molecule has 1 aromatic carbocycles. The molecule has 2 rings (SSSR count). The van der Waals surface area contributed by atoms with Crippen LogP contribution in [0, 0.1) is 5.82 Å². The van der Waals surface area contributed by atoms with E-state index < -0.39 is 0 Å². The number of nitrogens with zero attached hydrogens (tertiary/aromatic N) is 1. The van der Waals surface area contributed by atoms with Crippen LogP contribution >= 0.6 is 27.3 Å². The van der Waals surface area contributed by atoms with Crippen LogP contribution in [0.2, 0.25) is 0 Å². The molecule has 0 spiro atoms. The van der Waals surface area contributed by atoms with Gasteiger partial charge in [-0.2, -0.15) is 0 Å². The lowest BCUT2D eigenvalue weighted by atomic mass is 10.2. The standard InChI is InChI=1S/C13H12BrFN2OS/c1-7(2)11-6-19-13(16-11)17-12(18)9-4-3-8(15)5-10(9)14/h3-7H,1-2H3,(H,16,17,18). The number of rotatable bonds is 3. The molecule has 2 aromatic rings. The quantitative estimate of drug-likeness (QED) is 0.896. The molecule has 0 bridgehead atoms. The molecule has 0 atom stereocenters. The van der Waals surface area contributed by atoms with Crippen LogP contribution in [0.3, 0.4) is 0 Å². The van der Waals surface area contributed by atoms with Crippen LogP contribution in [0.15, 0.2) is 28.1 Å². The molecule has 0 aliphatic heterocycles. The van der Waals surface area contributed by atoms with Crippen LogP contribution in [0.1, 0.15) is 35.8 Å². The number of aromatic nitrogens is 1. The Balaban J connectivity index is 2.16. The van der Waals surface area contributed by atoms with E-state index in [9.17, 15) is 9.18 Å². The van der Waals surface area contributed by atoms with E-state index in [0.717, 1.165) is 5.69 Å². The number of carbonyl (C=O) groups is 1. The normalized spacial score (nSPS) is 10.8. The second-order valence-electron chi connectivity index (χ2n) is 4.31. The van der Waals surface area contributed by atoms with Gasteiger partial charge < -0.3 is 0 Å². The van der Waals surface area contributed by atoms with Gasteiger partial charge in [-0.15, -0.1) is 11.3 Å². The highest BCUT2D eigenvalue weighted by atomic mass is 79.9. The van der Waals surface area contributed by atoms with Gasteiger partial charge >= 0.3 is 0 Å². The average Bonchev–Trinajstić information content (AvgIpc) is 2.77. The summed E-state index contributed by atoms with van der Waals surface area (Å²) in [7, 11) is 0. The molecule has 0 unspecified atom stereocenters. The second kappa shape index (κ2) is 5.79. The Morgan fingerprint density at radius 3 is 2.79 bits per heavy atom. The van der Waals surface area contributed by atoms with Gasteiger partial charge in [0.25, 0.3) is 5.91 Å². The predicted octanol–water partition coefficient (Wildman–Crippen LogP) is 4.42. The first-order chi connectivity index (χ1) is 8.97. The molecule has 1 aromatic heterocycles. The lowest BCUT2D eigenvalue weighted by Crippen LogP contribution is -2.12. The third-order valence-corrected chi connectivity index (χ3v) is 3.94. The smallest absolute Gasteiger partial charge is 0.258 e. The van der Waals surface area contributed by atoms with Gasteiger partial charge in [-0.05, 0) is 40.0 Å². The van der Waals surface area contributed by atoms with Gasteiger partial charge in [0.2, 0.25) is 0 Å². The van der Waals surface area contributed by atoms with Crippen molar-refractivity contribution in [2.75, 3.05) is 5.32 Å². The minimum atomic E-state index is -0.389. The Morgan fingerprint density at radius 1 is 1.47 bits per heavy atom. The Kier molecular flexibility index (Phi) is 4.31. The molecule has 0 saturated carbocycles. The van der Waals surface area contributed by atoms with E-state index in [4.69, 9.17) is 0 Å². The van der Waals surface area contributed by atoms with E-state index >= 15 is 0 Å². The largest absolute Gasteiger partial charge is 0.298 e. The number of thiazole rings is 1. The van der Waals surface area contributed by atoms with Gasteiger partial charge in [0, 0.05) is 9.85 Å². The maximum absolute atomic E-state index is 13.0. The van der Waals surface area contributed by atoms with E-state index in [1.165, 1.54) is 29.5 Å². The Labute approximate surface area is 123 Å². The molecule has 1 heterocycles. The van der Waals surface area contributed by atoms with Crippen molar-refractivity contribution in [1.29, 1.82) is 0 Å². The van der Waals surface area contributed by atoms with Crippen LogP contribution in [-0.4, -0.2) is 10.9 Å². The molecule has 0 fully saturated rings. The van der Waals surface area contributed by atoms with Crippen molar-refractivity contribution in [3.8, 4) is 0 Å². The van der Waals surface area contributed by atoms with Gasteiger partial charge in [-0.25, -0.2) is 9.37 Å². The lowest BCUT2D eigenvalue weighted by Gasteiger charge is -2.04. The molecule has 0 aliphatic rings. The summed E-state index contributed by atoms with van der Waals surface area (Å²) in [6.07, 6.45) is 0. The van der Waals surface area contributed by atoms with Gasteiger partial charge in [0.1, 0.15) is 5.82 Å². The summed E-state index contributed by atoms with van der Waals surface area (Å²) in [4.78, 5) is 16.3. The first kappa shape index (κ1) is 14.1. The zero-order valence-corrected chi connectivity index (χ0v) is 12.8. The number of carbonyl (C=O) groups excluding carboxylic acids is 1. The van der Waals surface area contributed by atoms with Crippen LogP contribution in [0.25, 0.3) is 0 Å². The van der Waals surface area contributed by atoms with Gasteiger partial charge in [0.05, 0.1) is 11.3 Å². The Morgan fingerprint density at radius 2 is 2.21 bits per heavy atom. The maximum atomic E-state index is 13.0. The summed E-state index contributed by atoms with van der Waals surface area (Å²) >= 11 is 4.55. The minimum Gasteiger partial charge on any atom is -0.298 e. The monoisotopic (exact) mass is 342 g/mol. The second-order valence-corrected chi connectivity index (χ2v) is 6.02. The number of anilines is 1. The topological polar surface area (TPSA) is 42.0 Å². The van der Waals surface area contributed by atoms with E-state index in [2.05, 4.69) is 26.2 Å². The molecule has 3 nitrogen and oxygen atoms in total. The molecule has 1 amide bonds. The zero-order chi connectivity index (χ0) is 14.0. The molecule has 0 aliphatic carbocycles. The molecule has 19 heavy (non-hydrogen) atoms. The lowest BCUT2D eigenvalue weighted by molar-refractivity contribution is 0.102. The highest BCUT2D eigenvalue weighted by molar-refractivity contribution is 9.10. The SMILES string of the molecule is CC(C)c1csc(NC(=O)c2ccc(F)cc2Br)n1. The van der Waals surface area contributed by atoms with Crippen molar-refractivity contribution in [3.63, 3.8) is 0 Å². The summed E-state index contributed by atoms with van der Waals surface area (Å²) < 4.78 is 13.4. The zero-order valence-electron chi connectivity index (χ0n) is 10.4. The summed E-state index contributed by atoms with van der Waals surface area (Å²) in [5.74, 6) is -0.379.